The van der Waals surface area contributed by atoms with E-state index in [4.69, 9.17) is 5.73 Å². The quantitative estimate of drug-likeness (QED) is 0.737. The van der Waals surface area contributed by atoms with Crippen molar-refractivity contribution in [3.8, 4) is 0 Å². The van der Waals surface area contributed by atoms with E-state index in [-0.39, 0.29) is 0 Å². The van der Waals surface area contributed by atoms with E-state index in [1.165, 1.54) is 6.92 Å². The van der Waals surface area contributed by atoms with E-state index in [1.54, 1.807) is 0 Å². The van der Waals surface area contributed by atoms with Crippen molar-refractivity contribution in [1.82, 2.24) is 0 Å². The number of nitrogens with one attached hydrogen (secondary N) is 1. The van der Waals surface area contributed by atoms with Crippen LogP contribution in [0.5, 0.6) is 0 Å². The van der Waals surface area contributed by atoms with Gasteiger partial charge in [0, 0.05) is 0 Å². The Morgan fingerprint density at radius 3 is 2.47 bits per heavy atom. The van der Waals surface area contributed by atoms with Crippen LogP contribution in [0.1, 0.15) is 6.92 Å². The van der Waals surface area contributed by atoms with Gasteiger partial charge >= 0.3 is 0 Å². The number of carbonyl (C=O) groups excluding carboxylic acids is 1. The van der Waals surface area contributed by atoms with Gasteiger partial charge in [0.05, 0.1) is 11.7 Å². The Morgan fingerprint density at radius 1 is 1.33 bits per heavy atom. The van der Waals surface area contributed by atoms with Crippen LogP contribution in [0.25, 0.3) is 0 Å². The largest absolute Gasteiger partial charge is 0.322 e. The number of rotatable bonds is 2. The Labute approximate surface area is 84.1 Å². The van der Waals surface area contributed by atoms with Gasteiger partial charge in [-0.1, -0.05) is 0 Å². The van der Waals surface area contributed by atoms with Gasteiger partial charge in [-0.15, -0.1) is 0 Å². The van der Waals surface area contributed by atoms with E-state index in [2.05, 4.69) is 0 Å². The molecule has 1 unspecified atom stereocenters. The standard InChI is InChI=1S/C9H9F3N2O/c1-4(13)9(15)14-6-3-2-5(10)7(11)8(6)12/h2-4H,13H2,1H3,(H,14,15). The summed E-state index contributed by atoms with van der Waals surface area (Å²) in [5.74, 6) is -5.06. The highest BCUT2D eigenvalue weighted by atomic mass is 19.2. The molecule has 0 radical (unpaired) electrons. The van der Waals surface area contributed by atoms with Gasteiger partial charge in [0.2, 0.25) is 5.91 Å². The Hall–Kier alpha value is -1.56. The second-order valence-electron chi connectivity index (χ2n) is 3.00. The van der Waals surface area contributed by atoms with E-state index in [9.17, 15) is 18.0 Å². The molecule has 3 nitrogen and oxygen atoms in total. The second-order valence-corrected chi connectivity index (χ2v) is 3.00. The zero-order valence-electron chi connectivity index (χ0n) is 7.85. The minimum absolute atomic E-state index is 0.434. The SMILES string of the molecule is CC(N)C(=O)Nc1ccc(F)c(F)c1F. The number of nitrogens with two attached hydrogens (primary N) is 1. The number of benzene rings is 1. The van der Waals surface area contributed by atoms with Gasteiger partial charge in [-0.25, -0.2) is 13.2 Å². The molecule has 0 aliphatic carbocycles. The van der Waals surface area contributed by atoms with Crippen LogP contribution in [0.2, 0.25) is 0 Å². The molecular weight excluding hydrogens is 209 g/mol. The molecule has 15 heavy (non-hydrogen) atoms. The lowest BCUT2D eigenvalue weighted by Gasteiger charge is -2.08. The van der Waals surface area contributed by atoms with Crippen LogP contribution >= 0.6 is 0 Å². The molecular formula is C9H9F3N2O. The minimum atomic E-state index is -1.63. The van der Waals surface area contributed by atoms with Gasteiger partial charge in [0.25, 0.3) is 0 Å². The Bertz CT molecular complexity index is 393. The van der Waals surface area contributed by atoms with Crippen LogP contribution in [0.3, 0.4) is 0 Å². The fraction of sp³-hybridized carbons (Fsp3) is 0.222. The lowest BCUT2D eigenvalue weighted by Crippen LogP contribution is -2.32. The van der Waals surface area contributed by atoms with Crippen molar-refractivity contribution >= 4 is 11.6 Å². The summed E-state index contributed by atoms with van der Waals surface area (Å²) in [5.41, 5.74) is 4.77. The average Bonchev–Trinajstić information content (AvgIpc) is 2.18. The maximum absolute atomic E-state index is 13.0. The lowest BCUT2D eigenvalue weighted by atomic mass is 10.2. The highest BCUT2D eigenvalue weighted by Gasteiger charge is 2.16. The van der Waals surface area contributed by atoms with Gasteiger partial charge in [0.15, 0.2) is 17.5 Å². The van der Waals surface area contributed by atoms with Crippen molar-refractivity contribution in [2.45, 2.75) is 13.0 Å². The summed E-state index contributed by atoms with van der Waals surface area (Å²) >= 11 is 0. The van der Waals surface area contributed by atoms with Crippen molar-refractivity contribution in [2.24, 2.45) is 5.73 Å². The molecule has 0 aliphatic heterocycles. The average molecular weight is 218 g/mol. The molecule has 0 fully saturated rings. The van der Waals surface area contributed by atoms with E-state index >= 15 is 0 Å². The molecule has 0 aliphatic rings. The third-order valence-electron chi connectivity index (χ3n) is 1.71. The van der Waals surface area contributed by atoms with Crippen molar-refractivity contribution in [3.63, 3.8) is 0 Å². The van der Waals surface area contributed by atoms with Gasteiger partial charge in [-0.05, 0) is 19.1 Å². The first-order chi connectivity index (χ1) is 6.93. The summed E-state index contributed by atoms with van der Waals surface area (Å²) in [7, 11) is 0. The van der Waals surface area contributed by atoms with Crippen LogP contribution in [-0.2, 0) is 4.79 Å². The van der Waals surface area contributed by atoms with Crippen molar-refractivity contribution in [1.29, 1.82) is 0 Å². The van der Waals surface area contributed by atoms with Gasteiger partial charge in [-0.3, -0.25) is 4.79 Å². The van der Waals surface area contributed by atoms with Crippen molar-refractivity contribution in [3.05, 3.63) is 29.6 Å². The molecule has 0 bridgehead atoms. The maximum Gasteiger partial charge on any atom is 0.241 e. The molecule has 1 aromatic carbocycles. The number of hydrogen-bond acceptors (Lipinski definition) is 2. The third kappa shape index (κ3) is 2.47. The summed E-state index contributed by atoms with van der Waals surface area (Å²) in [6.07, 6.45) is 0. The molecule has 0 saturated carbocycles. The maximum atomic E-state index is 13.0. The normalized spacial score (nSPS) is 12.3. The fourth-order valence-corrected chi connectivity index (χ4v) is 0.869. The zero-order chi connectivity index (χ0) is 11.6. The van der Waals surface area contributed by atoms with Crippen LogP contribution in [0.15, 0.2) is 12.1 Å². The predicted octanol–water partition coefficient (Wildman–Crippen LogP) is 1.39. The van der Waals surface area contributed by atoms with Crippen LogP contribution in [0.4, 0.5) is 18.9 Å². The number of amides is 1. The zero-order valence-corrected chi connectivity index (χ0v) is 7.85. The minimum Gasteiger partial charge on any atom is -0.322 e. The number of anilines is 1. The number of halogens is 3. The highest BCUT2D eigenvalue weighted by molar-refractivity contribution is 5.94. The van der Waals surface area contributed by atoms with Crippen molar-refractivity contribution < 1.29 is 18.0 Å². The molecule has 1 atom stereocenters. The van der Waals surface area contributed by atoms with Gasteiger partial charge in [-0.2, -0.15) is 0 Å². The first kappa shape index (κ1) is 11.5. The highest BCUT2D eigenvalue weighted by Crippen LogP contribution is 2.19. The Kier molecular flexibility index (Phi) is 3.31. The van der Waals surface area contributed by atoms with Crippen LogP contribution in [-0.4, -0.2) is 11.9 Å². The van der Waals surface area contributed by atoms with E-state index in [0.717, 1.165) is 12.1 Å². The number of carbonyl (C=O) groups is 1. The topological polar surface area (TPSA) is 55.1 Å². The van der Waals surface area contributed by atoms with Crippen LogP contribution in [0, 0.1) is 17.5 Å². The molecule has 0 saturated heterocycles. The predicted molar refractivity (Wildman–Crippen MR) is 48.6 cm³/mol. The summed E-state index contributed by atoms with van der Waals surface area (Å²) in [4.78, 5) is 11.0. The molecule has 0 aromatic heterocycles. The Balaban J connectivity index is 2.97. The summed E-state index contributed by atoms with van der Waals surface area (Å²) in [6, 6.07) is 0.779. The third-order valence-corrected chi connectivity index (χ3v) is 1.71. The lowest BCUT2D eigenvalue weighted by molar-refractivity contribution is -0.117. The van der Waals surface area contributed by atoms with Gasteiger partial charge in [0.1, 0.15) is 0 Å². The summed E-state index contributed by atoms with van der Waals surface area (Å²) < 4.78 is 38.2. The Morgan fingerprint density at radius 2 is 1.93 bits per heavy atom. The molecule has 1 rings (SSSR count). The smallest absolute Gasteiger partial charge is 0.241 e. The molecule has 1 aromatic rings. The summed E-state index contributed by atoms with van der Waals surface area (Å²) in [6.45, 7) is 1.38. The monoisotopic (exact) mass is 218 g/mol. The first-order valence-corrected chi connectivity index (χ1v) is 4.13. The molecule has 82 valence electrons. The molecule has 0 spiro atoms. The fourth-order valence-electron chi connectivity index (χ4n) is 0.869. The van der Waals surface area contributed by atoms with E-state index in [0.29, 0.717) is 0 Å². The second kappa shape index (κ2) is 4.31. The molecule has 1 amide bonds. The molecule has 3 N–H and O–H groups in total. The van der Waals surface area contributed by atoms with E-state index < -0.39 is 35.1 Å². The molecule has 0 heterocycles. The summed E-state index contributed by atoms with van der Waals surface area (Å²) in [5, 5.41) is 2.03. The first-order valence-electron chi connectivity index (χ1n) is 4.13. The van der Waals surface area contributed by atoms with Crippen molar-refractivity contribution in [2.75, 3.05) is 5.32 Å². The van der Waals surface area contributed by atoms with E-state index in [1.807, 2.05) is 5.32 Å². The van der Waals surface area contributed by atoms with Gasteiger partial charge < -0.3 is 11.1 Å². The molecule has 6 heteroatoms. The van der Waals surface area contributed by atoms with Crippen LogP contribution < -0.4 is 11.1 Å². The number of hydrogen-bond donors (Lipinski definition) is 2.